The molecule has 1 saturated heterocycles. The largest absolute Gasteiger partial charge is 0.392 e. The van der Waals surface area contributed by atoms with Gasteiger partial charge in [0, 0.05) is 0 Å². The topological polar surface area (TPSA) is 43.4 Å². The minimum absolute atomic E-state index is 0.127. The van der Waals surface area contributed by atoms with Crippen LogP contribution in [0.5, 0.6) is 0 Å². The molecule has 1 aliphatic heterocycles. The zero-order chi connectivity index (χ0) is 8.29. The van der Waals surface area contributed by atoms with Crippen molar-refractivity contribution in [2.24, 2.45) is 17.8 Å². The molecule has 0 amide bonds. The molecule has 3 atom stereocenters. The van der Waals surface area contributed by atoms with Crippen molar-refractivity contribution in [1.29, 1.82) is 0 Å². The van der Waals surface area contributed by atoms with Crippen molar-refractivity contribution < 1.29 is 14.3 Å². The Hall–Kier alpha value is -1.12. The van der Waals surface area contributed by atoms with Gasteiger partial charge in [-0.2, -0.15) is 0 Å². The van der Waals surface area contributed by atoms with Crippen molar-refractivity contribution in [3.8, 4) is 0 Å². The van der Waals surface area contributed by atoms with Crippen LogP contribution in [0.25, 0.3) is 0 Å². The Morgan fingerprint density at radius 2 is 2.17 bits per heavy atom. The zero-order valence-corrected chi connectivity index (χ0v) is 6.45. The molecule has 3 aliphatic rings. The van der Waals surface area contributed by atoms with Crippen LogP contribution in [-0.2, 0) is 14.3 Å². The van der Waals surface area contributed by atoms with Gasteiger partial charge >= 0.3 is 11.9 Å². The summed E-state index contributed by atoms with van der Waals surface area (Å²) < 4.78 is 4.59. The predicted octanol–water partition coefficient (Wildman–Crippen LogP) is 0.652. The summed E-state index contributed by atoms with van der Waals surface area (Å²) in [6.45, 7) is 0. The second-order valence-corrected chi connectivity index (χ2v) is 3.72. The third-order valence-electron chi connectivity index (χ3n) is 3.17. The first-order valence-electron chi connectivity index (χ1n) is 4.22. The number of rotatable bonds is 0. The maximum Gasteiger partial charge on any atom is 0.321 e. The molecular formula is C9H8O3. The Morgan fingerprint density at radius 1 is 1.33 bits per heavy atom. The Kier molecular flexibility index (Phi) is 0.953. The van der Waals surface area contributed by atoms with Crippen LogP contribution in [0.1, 0.15) is 12.8 Å². The normalized spacial score (nSPS) is 43.0. The molecule has 0 spiro atoms. The SMILES string of the molecule is O=C1OC(=O)C2C3CC=C(C3)C12. The van der Waals surface area contributed by atoms with E-state index < -0.39 is 0 Å². The van der Waals surface area contributed by atoms with Gasteiger partial charge in [0.25, 0.3) is 0 Å². The molecule has 0 aromatic heterocycles. The number of esters is 2. The van der Waals surface area contributed by atoms with Crippen molar-refractivity contribution in [3.05, 3.63) is 11.6 Å². The summed E-state index contributed by atoms with van der Waals surface area (Å²) >= 11 is 0. The minimum Gasteiger partial charge on any atom is -0.392 e. The molecule has 3 unspecified atom stereocenters. The number of cyclic esters (lactones) is 2. The van der Waals surface area contributed by atoms with Gasteiger partial charge in [-0.05, 0) is 18.8 Å². The van der Waals surface area contributed by atoms with E-state index in [1.165, 1.54) is 0 Å². The van der Waals surface area contributed by atoms with Gasteiger partial charge < -0.3 is 4.74 Å². The van der Waals surface area contributed by atoms with Crippen LogP contribution >= 0.6 is 0 Å². The van der Waals surface area contributed by atoms with Gasteiger partial charge in [-0.3, -0.25) is 9.59 Å². The number of carbonyl (C=O) groups is 2. The number of hydrogen-bond acceptors (Lipinski definition) is 3. The Bertz CT molecular complexity index is 316. The van der Waals surface area contributed by atoms with E-state index in [-0.39, 0.29) is 23.8 Å². The van der Waals surface area contributed by atoms with Gasteiger partial charge in [-0.25, -0.2) is 0 Å². The molecule has 2 aliphatic carbocycles. The van der Waals surface area contributed by atoms with Crippen LogP contribution < -0.4 is 0 Å². The summed E-state index contributed by atoms with van der Waals surface area (Å²) in [6, 6.07) is 0. The average Bonchev–Trinajstić information content (AvgIpc) is 2.64. The van der Waals surface area contributed by atoms with Crippen LogP contribution in [0.2, 0.25) is 0 Å². The van der Waals surface area contributed by atoms with E-state index in [0.29, 0.717) is 5.92 Å². The van der Waals surface area contributed by atoms with Crippen LogP contribution in [0.4, 0.5) is 0 Å². The second kappa shape index (κ2) is 1.79. The van der Waals surface area contributed by atoms with Gasteiger partial charge in [0.1, 0.15) is 0 Å². The van der Waals surface area contributed by atoms with E-state index in [1.54, 1.807) is 0 Å². The molecule has 0 aromatic rings. The molecule has 0 aromatic carbocycles. The van der Waals surface area contributed by atoms with Crippen LogP contribution in [-0.4, -0.2) is 11.9 Å². The van der Waals surface area contributed by atoms with Gasteiger partial charge in [0.15, 0.2) is 0 Å². The summed E-state index contributed by atoms with van der Waals surface area (Å²) in [7, 11) is 0. The minimum atomic E-state index is -0.321. The fourth-order valence-corrected chi connectivity index (χ4v) is 2.66. The first-order chi connectivity index (χ1) is 5.77. The number of hydrogen-bond donors (Lipinski definition) is 0. The van der Waals surface area contributed by atoms with Crippen molar-refractivity contribution in [2.45, 2.75) is 12.8 Å². The average molecular weight is 164 g/mol. The maximum absolute atomic E-state index is 11.2. The van der Waals surface area contributed by atoms with Crippen LogP contribution in [0.3, 0.4) is 0 Å². The fourth-order valence-electron chi connectivity index (χ4n) is 2.66. The lowest BCUT2D eigenvalue weighted by molar-refractivity contribution is -0.154. The highest BCUT2D eigenvalue weighted by Crippen LogP contribution is 2.51. The summed E-state index contributed by atoms with van der Waals surface area (Å²) in [5.41, 5.74) is 1.14. The lowest BCUT2D eigenvalue weighted by Gasteiger charge is -2.12. The van der Waals surface area contributed by atoms with Crippen LogP contribution in [0.15, 0.2) is 11.6 Å². The van der Waals surface area contributed by atoms with Crippen molar-refractivity contribution in [3.63, 3.8) is 0 Å². The van der Waals surface area contributed by atoms with E-state index in [2.05, 4.69) is 10.8 Å². The third-order valence-corrected chi connectivity index (χ3v) is 3.17. The number of fused-ring (bicyclic) bond motifs is 5. The standard InChI is InChI=1S/C9H8O3/c10-8-6-4-1-2-5(3-4)7(6)9(11)12-8/h1,5-7H,2-3H2. The van der Waals surface area contributed by atoms with Gasteiger partial charge in [-0.1, -0.05) is 11.6 Å². The molecule has 3 rings (SSSR count). The Balaban J connectivity index is 2.11. The highest BCUT2D eigenvalue weighted by Gasteiger charge is 2.56. The second-order valence-electron chi connectivity index (χ2n) is 3.72. The van der Waals surface area contributed by atoms with E-state index in [0.717, 1.165) is 18.4 Å². The van der Waals surface area contributed by atoms with E-state index >= 15 is 0 Å². The molecule has 62 valence electrons. The van der Waals surface area contributed by atoms with Crippen molar-refractivity contribution in [2.75, 3.05) is 0 Å². The monoisotopic (exact) mass is 164 g/mol. The van der Waals surface area contributed by atoms with Crippen LogP contribution in [0, 0.1) is 17.8 Å². The molecule has 12 heavy (non-hydrogen) atoms. The molecule has 3 heteroatoms. The van der Waals surface area contributed by atoms with Gasteiger partial charge in [0.05, 0.1) is 11.8 Å². The Morgan fingerprint density at radius 3 is 2.92 bits per heavy atom. The number of ether oxygens (including phenoxy) is 1. The first kappa shape index (κ1) is 6.40. The zero-order valence-electron chi connectivity index (χ0n) is 6.45. The highest BCUT2D eigenvalue weighted by atomic mass is 16.6. The molecule has 2 bridgehead atoms. The third kappa shape index (κ3) is 0.543. The maximum atomic E-state index is 11.2. The predicted molar refractivity (Wildman–Crippen MR) is 38.9 cm³/mol. The van der Waals surface area contributed by atoms with Crippen molar-refractivity contribution in [1.82, 2.24) is 0 Å². The van der Waals surface area contributed by atoms with Crippen molar-refractivity contribution >= 4 is 11.9 Å². The molecule has 3 nitrogen and oxygen atoms in total. The number of carbonyl (C=O) groups excluding carboxylic acids is 2. The molecular weight excluding hydrogens is 156 g/mol. The molecule has 0 N–H and O–H groups in total. The summed E-state index contributed by atoms with van der Waals surface area (Å²) in [5, 5.41) is 0. The quantitative estimate of drug-likeness (QED) is 0.300. The highest BCUT2D eigenvalue weighted by molar-refractivity contribution is 5.99. The number of allylic oxidation sites excluding steroid dienone is 1. The molecule has 0 radical (unpaired) electrons. The summed E-state index contributed by atoms with van der Waals surface area (Å²) in [6.07, 6.45) is 3.99. The smallest absolute Gasteiger partial charge is 0.321 e. The lowest BCUT2D eigenvalue weighted by atomic mass is 9.86. The lowest BCUT2D eigenvalue weighted by Crippen LogP contribution is -2.20. The Labute approximate surface area is 69.4 Å². The fraction of sp³-hybridized carbons (Fsp3) is 0.556. The van der Waals surface area contributed by atoms with Gasteiger partial charge in [-0.15, -0.1) is 0 Å². The molecule has 1 saturated carbocycles. The molecule has 2 fully saturated rings. The van der Waals surface area contributed by atoms with E-state index in [9.17, 15) is 9.59 Å². The molecule has 1 heterocycles. The van der Waals surface area contributed by atoms with E-state index in [4.69, 9.17) is 0 Å². The summed E-state index contributed by atoms with van der Waals surface area (Å²) in [5.74, 6) is -0.575. The summed E-state index contributed by atoms with van der Waals surface area (Å²) in [4.78, 5) is 22.4. The first-order valence-corrected chi connectivity index (χ1v) is 4.22. The van der Waals surface area contributed by atoms with E-state index in [1.807, 2.05) is 0 Å². The van der Waals surface area contributed by atoms with Gasteiger partial charge in [0.2, 0.25) is 0 Å².